The zero-order chi connectivity index (χ0) is 13.3. The predicted molar refractivity (Wildman–Crippen MR) is 74.0 cm³/mol. The van der Waals surface area contributed by atoms with Crippen LogP contribution in [0.4, 0.5) is 5.82 Å². The summed E-state index contributed by atoms with van der Waals surface area (Å²) in [7, 11) is 3.40. The van der Waals surface area contributed by atoms with Gasteiger partial charge in [0.25, 0.3) is 0 Å². The van der Waals surface area contributed by atoms with Crippen LogP contribution in [0.2, 0.25) is 5.02 Å². The van der Waals surface area contributed by atoms with Crippen molar-refractivity contribution < 1.29 is 4.74 Å². The normalized spacial score (nSPS) is 10.7. The van der Waals surface area contributed by atoms with Crippen molar-refractivity contribution in [3.05, 3.63) is 28.8 Å². The van der Waals surface area contributed by atoms with Crippen LogP contribution in [0.25, 0.3) is 11.3 Å². The lowest BCUT2D eigenvalue weighted by Gasteiger charge is -2.10. The van der Waals surface area contributed by atoms with Gasteiger partial charge in [0.15, 0.2) is 0 Å². The highest BCUT2D eigenvalue weighted by atomic mass is 35.5. The fourth-order valence-corrected chi connectivity index (χ4v) is 2.18. The molecule has 0 saturated carbocycles. The third-order valence-electron chi connectivity index (χ3n) is 2.91. The largest absolute Gasteiger partial charge is 0.494 e. The standard InChI is InChI=1S/C13H16ClN3O/c1-4-8-5-9(13(18-3)10(14)6-8)11-7-12(15)17(2)16-11/h5-7H,4,15H2,1-3H3. The van der Waals surface area contributed by atoms with Crippen LogP contribution in [-0.4, -0.2) is 16.9 Å². The van der Waals surface area contributed by atoms with E-state index in [9.17, 15) is 0 Å². The molecule has 4 nitrogen and oxygen atoms in total. The van der Waals surface area contributed by atoms with E-state index in [1.807, 2.05) is 18.2 Å². The molecule has 0 fully saturated rings. The van der Waals surface area contributed by atoms with Crippen LogP contribution in [0.15, 0.2) is 18.2 Å². The van der Waals surface area contributed by atoms with Crippen molar-refractivity contribution in [3.63, 3.8) is 0 Å². The molecule has 2 rings (SSSR count). The Morgan fingerprint density at radius 2 is 2.11 bits per heavy atom. The number of anilines is 1. The van der Waals surface area contributed by atoms with Gasteiger partial charge in [0.1, 0.15) is 11.6 Å². The minimum atomic E-state index is 0.594. The van der Waals surface area contributed by atoms with Gasteiger partial charge in [0.2, 0.25) is 0 Å². The first-order chi connectivity index (χ1) is 8.56. The van der Waals surface area contributed by atoms with Gasteiger partial charge in [-0.3, -0.25) is 4.68 Å². The van der Waals surface area contributed by atoms with Gasteiger partial charge >= 0.3 is 0 Å². The quantitative estimate of drug-likeness (QED) is 0.928. The Hall–Kier alpha value is -1.68. The van der Waals surface area contributed by atoms with E-state index in [2.05, 4.69) is 12.0 Å². The van der Waals surface area contributed by atoms with E-state index >= 15 is 0 Å². The summed E-state index contributed by atoms with van der Waals surface area (Å²) in [5.41, 5.74) is 8.58. The number of nitrogen functional groups attached to an aromatic ring is 1. The second-order valence-electron chi connectivity index (χ2n) is 4.09. The summed E-state index contributed by atoms with van der Waals surface area (Å²) >= 11 is 6.22. The van der Waals surface area contributed by atoms with E-state index in [-0.39, 0.29) is 0 Å². The molecule has 5 heteroatoms. The summed E-state index contributed by atoms with van der Waals surface area (Å²) in [6, 6.07) is 5.76. The zero-order valence-corrected chi connectivity index (χ0v) is 11.5. The molecule has 1 aromatic heterocycles. The molecule has 96 valence electrons. The first-order valence-corrected chi connectivity index (χ1v) is 6.11. The maximum Gasteiger partial charge on any atom is 0.146 e. The first-order valence-electron chi connectivity index (χ1n) is 5.73. The summed E-state index contributed by atoms with van der Waals surface area (Å²) in [4.78, 5) is 0. The average molecular weight is 266 g/mol. The third kappa shape index (κ3) is 2.16. The molecular weight excluding hydrogens is 250 g/mol. The Kier molecular flexibility index (Phi) is 3.48. The summed E-state index contributed by atoms with van der Waals surface area (Å²) in [6.45, 7) is 2.08. The topological polar surface area (TPSA) is 53.1 Å². The fraction of sp³-hybridized carbons (Fsp3) is 0.308. The molecule has 18 heavy (non-hydrogen) atoms. The van der Waals surface area contributed by atoms with Crippen molar-refractivity contribution >= 4 is 17.4 Å². The van der Waals surface area contributed by atoms with Gasteiger partial charge in [-0.2, -0.15) is 5.10 Å². The molecule has 0 saturated heterocycles. The van der Waals surface area contributed by atoms with Gasteiger partial charge < -0.3 is 10.5 Å². The Morgan fingerprint density at radius 1 is 1.39 bits per heavy atom. The molecule has 2 N–H and O–H groups in total. The highest BCUT2D eigenvalue weighted by Crippen LogP contribution is 2.37. The third-order valence-corrected chi connectivity index (χ3v) is 3.19. The molecule has 0 radical (unpaired) electrons. The van der Waals surface area contributed by atoms with Crippen molar-refractivity contribution in [2.45, 2.75) is 13.3 Å². The van der Waals surface area contributed by atoms with Gasteiger partial charge in [-0.05, 0) is 24.1 Å². The molecule has 0 aliphatic carbocycles. The van der Waals surface area contributed by atoms with Crippen LogP contribution in [-0.2, 0) is 13.5 Å². The van der Waals surface area contributed by atoms with Gasteiger partial charge in [-0.25, -0.2) is 0 Å². The summed E-state index contributed by atoms with van der Waals surface area (Å²) in [5.74, 6) is 1.23. The number of nitrogens with two attached hydrogens (primary N) is 1. The maximum absolute atomic E-state index is 6.22. The van der Waals surface area contributed by atoms with Crippen LogP contribution in [0.3, 0.4) is 0 Å². The molecule has 0 bridgehead atoms. The molecular formula is C13H16ClN3O. The number of aryl methyl sites for hydroxylation is 2. The summed E-state index contributed by atoms with van der Waals surface area (Å²) < 4.78 is 6.98. The summed E-state index contributed by atoms with van der Waals surface area (Å²) in [5, 5.41) is 4.95. The molecule has 1 aromatic carbocycles. The molecule has 0 amide bonds. The highest BCUT2D eigenvalue weighted by Gasteiger charge is 2.15. The monoisotopic (exact) mass is 265 g/mol. The number of halogens is 1. The molecule has 0 unspecified atom stereocenters. The number of hydrogen-bond acceptors (Lipinski definition) is 3. The van der Waals surface area contributed by atoms with Gasteiger partial charge in [-0.1, -0.05) is 18.5 Å². The van der Waals surface area contributed by atoms with Crippen LogP contribution in [0.5, 0.6) is 5.75 Å². The Bertz CT molecular complexity index is 558. The van der Waals surface area contributed by atoms with Crippen LogP contribution in [0, 0.1) is 0 Å². The first kappa shape index (κ1) is 12.8. The second-order valence-corrected chi connectivity index (χ2v) is 4.50. The van der Waals surface area contributed by atoms with Crippen LogP contribution in [0.1, 0.15) is 12.5 Å². The molecule has 1 heterocycles. The van der Waals surface area contributed by atoms with E-state index in [1.54, 1.807) is 18.8 Å². The number of rotatable bonds is 3. The number of nitrogens with zero attached hydrogens (tertiary/aromatic N) is 2. The number of methoxy groups -OCH3 is 1. The molecule has 2 aromatic rings. The zero-order valence-electron chi connectivity index (χ0n) is 10.7. The minimum Gasteiger partial charge on any atom is -0.494 e. The van der Waals surface area contributed by atoms with E-state index in [4.69, 9.17) is 22.1 Å². The van der Waals surface area contributed by atoms with E-state index in [1.165, 1.54) is 0 Å². The minimum absolute atomic E-state index is 0.594. The Labute approximate surface area is 111 Å². The van der Waals surface area contributed by atoms with Crippen LogP contribution < -0.4 is 10.5 Å². The molecule has 0 aliphatic heterocycles. The molecule has 0 aliphatic rings. The molecule has 0 spiro atoms. The van der Waals surface area contributed by atoms with Crippen molar-refractivity contribution in [2.75, 3.05) is 12.8 Å². The smallest absolute Gasteiger partial charge is 0.146 e. The number of hydrogen-bond donors (Lipinski definition) is 1. The maximum atomic E-state index is 6.22. The lowest BCUT2D eigenvalue weighted by atomic mass is 10.1. The van der Waals surface area contributed by atoms with E-state index < -0.39 is 0 Å². The Morgan fingerprint density at radius 3 is 2.61 bits per heavy atom. The van der Waals surface area contributed by atoms with Crippen LogP contribution >= 0.6 is 11.6 Å². The summed E-state index contributed by atoms with van der Waals surface area (Å²) in [6.07, 6.45) is 0.902. The van der Waals surface area contributed by atoms with E-state index in [0.717, 1.165) is 23.2 Å². The van der Waals surface area contributed by atoms with Crippen molar-refractivity contribution in [3.8, 4) is 17.0 Å². The highest BCUT2D eigenvalue weighted by molar-refractivity contribution is 6.32. The lowest BCUT2D eigenvalue weighted by molar-refractivity contribution is 0.416. The number of ether oxygens (including phenoxy) is 1. The van der Waals surface area contributed by atoms with Crippen molar-refractivity contribution in [1.82, 2.24) is 9.78 Å². The van der Waals surface area contributed by atoms with Gasteiger partial charge in [0.05, 0.1) is 17.8 Å². The second kappa shape index (κ2) is 4.90. The number of benzene rings is 1. The lowest BCUT2D eigenvalue weighted by Crippen LogP contribution is -1.97. The number of aromatic nitrogens is 2. The average Bonchev–Trinajstić information content (AvgIpc) is 2.68. The molecule has 0 atom stereocenters. The fourth-order valence-electron chi connectivity index (χ4n) is 1.86. The predicted octanol–water partition coefficient (Wildman–Crippen LogP) is 2.89. The van der Waals surface area contributed by atoms with Crippen molar-refractivity contribution in [1.29, 1.82) is 0 Å². The van der Waals surface area contributed by atoms with Gasteiger partial charge in [-0.15, -0.1) is 0 Å². The van der Waals surface area contributed by atoms with Crippen molar-refractivity contribution in [2.24, 2.45) is 7.05 Å². The van der Waals surface area contributed by atoms with Gasteiger partial charge in [0, 0.05) is 18.7 Å². The Balaban J connectivity index is 2.64. The SMILES string of the molecule is CCc1cc(Cl)c(OC)c(-c2cc(N)n(C)n2)c1. The van der Waals surface area contributed by atoms with E-state index in [0.29, 0.717) is 16.6 Å².